The molecule has 0 spiro atoms. The van der Waals surface area contributed by atoms with E-state index in [1.165, 1.54) is 68.2 Å². The molecule has 0 bridgehead atoms. The molecular formula is C28H22S2. The van der Waals surface area contributed by atoms with Crippen molar-refractivity contribution in [2.45, 2.75) is 27.2 Å². The van der Waals surface area contributed by atoms with Crippen molar-refractivity contribution in [2.24, 2.45) is 0 Å². The van der Waals surface area contributed by atoms with Crippen LogP contribution in [0, 0.1) is 20.8 Å². The molecule has 0 saturated heterocycles. The average molecular weight is 423 g/mol. The van der Waals surface area contributed by atoms with Gasteiger partial charge < -0.3 is 0 Å². The van der Waals surface area contributed by atoms with Gasteiger partial charge in [0.25, 0.3) is 0 Å². The van der Waals surface area contributed by atoms with Crippen LogP contribution in [-0.4, -0.2) is 0 Å². The van der Waals surface area contributed by atoms with Crippen LogP contribution in [0.25, 0.3) is 40.3 Å². The van der Waals surface area contributed by atoms with E-state index in [1.807, 2.05) is 22.7 Å². The van der Waals surface area contributed by atoms with E-state index < -0.39 is 0 Å². The first kappa shape index (κ1) is 18.1. The van der Waals surface area contributed by atoms with Gasteiger partial charge in [-0.3, -0.25) is 0 Å². The molecule has 2 aromatic heterocycles. The van der Waals surface area contributed by atoms with Crippen LogP contribution in [0.15, 0.2) is 66.7 Å². The van der Waals surface area contributed by atoms with Gasteiger partial charge in [0.15, 0.2) is 0 Å². The topological polar surface area (TPSA) is 0 Å². The summed E-state index contributed by atoms with van der Waals surface area (Å²) in [7, 11) is 0. The molecule has 30 heavy (non-hydrogen) atoms. The van der Waals surface area contributed by atoms with Gasteiger partial charge in [0, 0.05) is 40.3 Å². The number of fused-ring (bicyclic) bond motifs is 6. The van der Waals surface area contributed by atoms with Gasteiger partial charge in [0.1, 0.15) is 0 Å². The standard InChI is InChI=1S/C28H22S2/c1-16-6-5-9-24-26(16)23-13-11-20(18(3)28(23)29-24)14-19-10-12-21-22-8-4-7-17(2)27(22)30-25(21)15-19/h4-13,15H,14H2,1-3H3. The maximum absolute atomic E-state index is 2.40. The van der Waals surface area contributed by atoms with E-state index in [-0.39, 0.29) is 0 Å². The first-order chi connectivity index (χ1) is 14.6. The largest absolute Gasteiger partial charge is 0.135 e. The lowest BCUT2D eigenvalue weighted by atomic mass is 9.97. The van der Waals surface area contributed by atoms with Crippen molar-refractivity contribution in [1.82, 2.24) is 0 Å². The fourth-order valence-corrected chi connectivity index (χ4v) is 7.29. The minimum atomic E-state index is 0.984. The van der Waals surface area contributed by atoms with E-state index in [1.54, 1.807) is 0 Å². The molecule has 0 radical (unpaired) electrons. The second-order valence-electron chi connectivity index (χ2n) is 8.34. The van der Waals surface area contributed by atoms with Crippen LogP contribution in [0.4, 0.5) is 0 Å². The van der Waals surface area contributed by atoms with E-state index in [0.29, 0.717) is 0 Å². The van der Waals surface area contributed by atoms with Crippen LogP contribution in [0.1, 0.15) is 27.8 Å². The zero-order chi connectivity index (χ0) is 20.4. The Kier molecular flexibility index (Phi) is 4.02. The number of rotatable bonds is 2. The van der Waals surface area contributed by atoms with Gasteiger partial charge in [-0.05, 0) is 67.1 Å². The van der Waals surface area contributed by atoms with Gasteiger partial charge in [-0.1, -0.05) is 54.6 Å². The van der Waals surface area contributed by atoms with E-state index in [4.69, 9.17) is 0 Å². The van der Waals surface area contributed by atoms with E-state index >= 15 is 0 Å². The van der Waals surface area contributed by atoms with E-state index in [2.05, 4.69) is 87.5 Å². The van der Waals surface area contributed by atoms with Crippen LogP contribution in [0.2, 0.25) is 0 Å². The molecular weight excluding hydrogens is 400 g/mol. The molecule has 6 rings (SSSR count). The van der Waals surface area contributed by atoms with E-state index in [0.717, 1.165) is 6.42 Å². The lowest BCUT2D eigenvalue weighted by Gasteiger charge is -2.08. The lowest BCUT2D eigenvalue weighted by molar-refractivity contribution is 1.18. The monoisotopic (exact) mass is 422 g/mol. The highest BCUT2D eigenvalue weighted by Crippen LogP contribution is 2.40. The molecule has 4 aromatic carbocycles. The van der Waals surface area contributed by atoms with Crippen molar-refractivity contribution in [1.29, 1.82) is 0 Å². The average Bonchev–Trinajstić information content (AvgIpc) is 3.30. The van der Waals surface area contributed by atoms with Crippen LogP contribution >= 0.6 is 22.7 Å². The van der Waals surface area contributed by atoms with E-state index in [9.17, 15) is 0 Å². The van der Waals surface area contributed by atoms with Gasteiger partial charge >= 0.3 is 0 Å². The normalized spacial score (nSPS) is 12.0. The number of thiophene rings is 2. The summed E-state index contributed by atoms with van der Waals surface area (Å²) in [4.78, 5) is 0. The van der Waals surface area contributed by atoms with Crippen LogP contribution in [-0.2, 0) is 6.42 Å². The molecule has 6 aromatic rings. The SMILES string of the molecule is Cc1cccc2c1sc1cc(Cc3ccc4c(sc5cccc(C)c54)c3C)ccc12. The molecule has 2 heteroatoms. The highest BCUT2D eigenvalue weighted by Gasteiger charge is 2.13. The van der Waals surface area contributed by atoms with Crippen LogP contribution in [0.5, 0.6) is 0 Å². The van der Waals surface area contributed by atoms with Crippen molar-refractivity contribution in [3.8, 4) is 0 Å². The first-order valence-corrected chi connectivity index (χ1v) is 12.0. The summed E-state index contributed by atoms with van der Waals surface area (Å²) < 4.78 is 5.65. The minimum Gasteiger partial charge on any atom is -0.135 e. The zero-order valence-corrected chi connectivity index (χ0v) is 19.0. The molecule has 0 unspecified atom stereocenters. The summed E-state index contributed by atoms with van der Waals surface area (Å²) in [5.41, 5.74) is 7.00. The van der Waals surface area contributed by atoms with Gasteiger partial charge in [0.05, 0.1) is 0 Å². The predicted octanol–water partition coefficient (Wildman–Crippen LogP) is 8.94. The molecule has 0 aliphatic carbocycles. The minimum absolute atomic E-state index is 0.984. The van der Waals surface area contributed by atoms with Crippen molar-refractivity contribution in [2.75, 3.05) is 0 Å². The molecule has 0 amide bonds. The maximum atomic E-state index is 2.40. The molecule has 146 valence electrons. The third-order valence-corrected chi connectivity index (χ3v) is 8.98. The number of aryl methyl sites for hydroxylation is 3. The highest BCUT2D eigenvalue weighted by molar-refractivity contribution is 7.26. The van der Waals surface area contributed by atoms with Gasteiger partial charge in [0.2, 0.25) is 0 Å². The Morgan fingerprint density at radius 3 is 2.30 bits per heavy atom. The lowest BCUT2D eigenvalue weighted by Crippen LogP contribution is -1.91. The fourth-order valence-electron chi connectivity index (χ4n) is 4.75. The second-order valence-corrected chi connectivity index (χ2v) is 10.4. The second kappa shape index (κ2) is 6.66. The fraction of sp³-hybridized carbons (Fsp3) is 0.143. The first-order valence-electron chi connectivity index (χ1n) is 10.4. The van der Waals surface area contributed by atoms with Crippen molar-refractivity contribution in [3.05, 3.63) is 94.5 Å². The summed E-state index contributed by atoms with van der Waals surface area (Å²) in [5.74, 6) is 0. The Morgan fingerprint density at radius 2 is 1.40 bits per heavy atom. The molecule has 0 atom stereocenters. The van der Waals surface area contributed by atoms with Crippen molar-refractivity contribution in [3.63, 3.8) is 0 Å². The molecule has 0 N–H and O–H groups in total. The maximum Gasteiger partial charge on any atom is 0.0387 e. The summed E-state index contributed by atoms with van der Waals surface area (Å²) in [6.45, 7) is 6.73. The summed E-state index contributed by atoms with van der Waals surface area (Å²) >= 11 is 3.86. The van der Waals surface area contributed by atoms with Gasteiger partial charge in [-0.15, -0.1) is 22.7 Å². The van der Waals surface area contributed by atoms with Crippen LogP contribution < -0.4 is 0 Å². The molecule has 0 aliphatic heterocycles. The number of benzene rings is 4. The summed E-state index contributed by atoms with van der Waals surface area (Å²) in [6, 6.07) is 25.0. The third-order valence-electron chi connectivity index (χ3n) is 6.39. The molecule has 0 aliphatic rings. The predicted molar refractivity (Wildman–Crippen MR) is 136 cm³/mol. The Balaban J connectivity index is 1.46. The summed E-state index contributed by atoms with van der Waals surface area (Å²) in [5, 5.41) is 5.60. The third kappa shape index (κ3) is 2.64. The number of hydrogen-bond acceptors (Lipinski definition) is 2. The van der Waals surface area contributed by atoms with Crippen LogP contribution in [0.3, 0.4) is 0 Å². The molecule has 0 fully saturated rings. The summed E-state index contributed by atoms with van der Waals surface area (Å²) in [6.07, 6.45) is 0.984. The molecule has 0 saturated carbocycles. The van der Waals surface area contributed by atoms with Gasteiger partial charge in [-0.2, -0.15) is 0 Å². The quantitative estimate of drug-likeness (QED) is 0.261. The smallest absolute Gasteiger partial charge is 0.0387 e. The zero-order valence-electron chi connectivity index (χ0n) is 17.4. The number of hydrogen-bond donors (Lipinski definition) is 0. The molecule has 2 heterocycles. The van der Waals surface area contributed by atoms with Crippen molar-refractivity contribution >= 4 is 63.0 Å². The van der Waals surface area contributed by atoms with Crippen molar-refractivity contribution < 1.29 is 0 Å². The Morgan fingerprint density at radius 1 is 0.633 bits per heavy atom. The highest BCUT2D eigenvalue weighted by atomic mass is 32.1. The Bertz CT molecular complexity index is 1590. The van der Waals surface area contributed by atoms with Gasteiger partial charge in [-0.25, -0.2) is 0 Å². The Hall–Kier alpha value is -2.68. The Labute approximate surface area is 184 Å². The molecule has 0 nitrogen and oxygen atoms in total.